The maximum absolute atomic E-state index is 13.0. The van der Waals surface area contributed by atoms with Crippen LogP contribution in [0.15, 0.2) is 30.3 Å². The van der Waals surface area contributed by atoms with E-state index in [0.29, 0.717) is 11.3 Å². The third kappa shape index (κ3) is 2.27. The van der Waals surface area contributed by atoms with Gasteiger partial charge in [-0.25, -0.2) is 9.37 Å². The summed E-state index contributed by atoms with van der Waals surface area (Å²) in [5.74, 6) is -0.446. The summed E-state index contributed by atoms with van der Waals surface area (Å²) in [7, 11) is 0. The van der Waals surface area contributed by atoms with Crippen molar-refractivity contribution in [1.82, 2.24) is 4.98 Å². The van der Waals surface area contributed by atoms with E-state index >= 15 is 0 Å². The number of hydrogen-bond donors (Lipinski definition) is 1. The normalized spacial score (nSPS) is 10.4. The molecule has 0 aliphatic rings. The van der Waals surface area contributed by atoms with Gasteiger partial charge in [0.1, 0.15) is 21.0 Å². The smallest absolute Gasteiger partial charge is 0.141 e. The fraction of sp³-hybridized carbons (Fsp3) is 0. The Morgan fingerprint density at radius 2 is 2.00 bits per heavy atom. The van der Waals surface area contributed by atoms with E-state index in [0.717, 1.165) is 3.70 Å². The van der Waals surface area contributed by atoms with Crippen molar-refractivity contribution in [3.63, 3.8) is 0 Å². The van der Waals surface area contributed by atoms with Gasteiger partial charge in [0.05, 0.1) is 5.02 Å². The molecule has 1 aromatic heterocycles. The molecule has 5 heteroatoms. The van der Waals surface area contributed by atoms with Crippen LogP contribution in [-0.2, 0) is 0 Å². The van der Waals surface area contributed by atoms with Gasteiger partial charge in [-0.2, -0.15) is 0 Å². The first-order valence-electron chi connectivity index (χ1n) is 4.39. The number of benzene rings is 1. The van der Waals surface area contributed by atoms with Crippen LogP contribution in [0.5, 0.6) is 5.75 Å². The Morgan fingerprint density at radius 3 is 2.69 bits per heavy atom. The highest BCUT2D eigenvalue weighted by Gasteiger charge is 2.09. The molecule has 0 saturated heterocycles. The zero-order valence-corrected chi connectivity index (χ0v) is 10.8. The molecular formula is C11H6ClFINO. The average molecular weight is 350 g/mol. The van der Waals surface area contributed by atoms with Gasteiger partial charge in [0.2, 0.25) is 0 Å². The lowest BCUT2D eigenvalue weighted by Gasteiger charge is -2.05. The predicted octanol–water partition coefficient (Wildman–Crippen LogP) is 3.85. The molecule has 0 amide bonds. The van der Waals surface area contributed by atoms with Crippen LogP contribution >= 0.6 is 34.2 Å². The van der Waals surface area contributed by atoms with Crippen LogP contribution in [0.4, 0.5) is 4.39 Å². The molecule has 0 aliphatic carbocycles. The zero-order chi connectivity index (χ0) is 11.7. The Hall–Kier alpha value is -0.880. The molecule has 1 N–H and O–H groups in total. The van der Waals surface area contributed by atoms with E-state index in [4.69, 9.17) is 11.6 Å². The topological polar surface area (TPSA) is 33.1 Å². The quantitative estimate of drug-likeness (QED) is 0.627. The van der Waals surface area contributed by atoms with Crippen molar-refractivity contribution in [2.45, 2.75) is 0 Å². The number of halogens is 3. The summed E-state index contributed by atoms with van der Waals surface area (Å²) in [5.41, 5.74) is 0.983. The standard InChI is InChI=1S/C11H6ClFINO/c12-7-5-6(1-2-8(7)13)11-9(16)3-4-10(14)15-11/h1-5,16H. The summed E-state index contributed by atoms with van der Waals surface area (Å²) >= 11 is 7.70. The second-order valence-electron chi connectivity index (χ2n) is 3.13. The van der Waals surface area contributed by atoms with Gasteiger partial charge in [-0.15, -0.1) is 0 Å². The molecule has 2 aromatic rings. The van der Waals surface area contributed by atoms with Crippen LogP contribution in [0.3, 0.4) is 0 Å². The molecule has 0 aliphatic heterocycles. The SMILES string of the molecule is Oc1ccc(I)nc1-c1ccc(F)c(Cl)c1. The summed E-state index contributed by atoms with van der Waals surface area (Å²) in [6.07, 6.45) is 0. The molecule has 0 fully saturated rings. The molecule has 2 rings (SSSR count). The molecule has 0 unspecified atom stereocenters. The van der Waals surface area contributed by atoms with E-state index in [1.165, 1.54) is 18.2 Å². The maximum atomic E-state index is 13.0. The van der Waals surface area contributed by atoms with E-state index in [2.05, 4.69) is 4.98 Å². The van der Waals surface area contributed by atoms with Crippen LogP contribution in [0.2, 0.25) is 5.02 Å². The van der Waals surface area contributed by atoms with Crippen LogP contribution in [0.25, 0.3) is 11.3 Å². The lowest BCUT2D eigenvalue weighted by atomic mass is 10.1. The summed E-state index contributed by atoms with van der Waals surface area (Å²) in [6, 6.07) is 7.44. The van der Waals surface area contributed by atoms with Crippen LogP contribution in [0.1, 0.15) is 0 Å². The molecule has 1 heterocycles. The third-order valence-corrected chi connectivity index (χ3v) is 2.92. The average Bonchev–Trinajstić information content (AvgIpc) is 2.26. The number of hydrogen-bond acceptors (Lipinski definition) is 2. The molecular weight excluding hydrogens is 343 g/mol. The highest BCUT2D eigenvalue weighted by atomic mass is 127. The van der Waals surface area contributed by atoms with E-state index < -0.39 is 5.82 Å². The minimum Gasteiger partial charge on any atom is -0.506 e. The molecule has 82 valence electrons. The Balaban J connectivity index is 2.58. The van der Waals surface area contributed by atoms with Gasteiger partial charge < -0.3 is 5.11 Å². The monoisotopic (exact) mass is 349 g/mol. The van der Waals surface area contributed by atoms with Crippen LogP contribution < -0.4 is 0 Å². The van der Waals surface area contributed by atoms with Gasteiger partial charge in [-0.1, -0.05) is 11.6 Å². The Labute approximate surface area is 110 Å². The number of aromatic nitrogens is 1. The van der Waals surface area contributed by atoms with Gasteiger partial charge >= 0.3 is 0 Å². The maximum Gasteiger partial charge on any atom is 0.141 e. The third-order valence-electron chi connectivity index (χ3n) is 2.03. The lowest BCUT2D eigenvalue weighted by molar-refractivity contribution is 0.474. The van der Waals surface area contributed by atoms with Crippen molar-refractivity contribution < 1.29 is 9.50 Å². The first-order chi connectivity index (χ1) is 7.58. The second-order valence-corrected chi connectivity index (χ2v) is 4.64. The number of pyridine rings is 1. The number of rotatable bonds is 1. The zero-order valence-electron chi connectivity index (χ0n) is 7.92. The Bertz CT molecular complexity index is 548. The molecule has 0 bridgehead atoms. The van der Waals surface area contributed by atoms with E-state index in [1.807, 2.05) is 22.6 Å². The first-order valence-corrected chi connectivity index (χ1v) is 5.84. The van der Waals surface area contributed by atoms with Gasteiger partial charge in [-0.05, 0) is 52.9 Å². The van der Waals surface area contributed by atoms with E-state index in [9.17, 15) is 9.50 Å². The van der Waals surface area contributed by atoms with E-state index in [1.54, 1.807) is 12.1 Å². The molecule has 2 nitrogen and oxygen atoms in total. The fourth-order valence-corrected chi connectivity index (χ4v) is 1.89. The van der Waals surface area contributed by atoms with Crippen molar-refractivity contribution in [2.24, 2.45) is 0 Å². The molecule has 16 heavy (non-hydrogen) atoms. The number of aromatic hydroxyl groups is 1. The van der Waals surface area contributed by atoms with Crippen molar-refractivity contribution in [2.75, 3.05) is 0 Å². The fourth-order valence-electron chi connectivity index (χ4n) is 1.28. The van der Waals surface area contributed by atoms with Gasteiger partial charge in [0.25, 0.3) is 0 Å². The van der Waals surface area contributed by atoms with Crippen molar-refractivity contribution >= 4 is 34.2 Å². The first kappa shape index (κ1) is 11.6. The second kappa shape index (κ2) is 4.55. The molecule has 0 radical (unpaired) electrons. The lowest BCUT2D eigenvalue weighted by Crippen LogP contribution is -1.88. The molecule has 0 atom stereocenters. The van der Waals surface area contributed by atoms with E-state index in [-0.39, 0.29) is 10.8 Å². The molecule has 0 spiro atoms. The van der Waals surface area contributed by atoms with Gasteiger partial charge in [0, 0.05) is 5.56 Å². The highest BCUT2D eigenvalue weighted by Crippen LogP contribution is 2.30. The summed E-state index contributed by atoms with van der Waals surface area (Å²) in [5, 5.41) is 9.66. The van der Waals surface area contributed by atoms with Crippen molar-refractivity contribution in [3.05, 3.63) is 44.9 Å². The van der Waals surface area contributed by atoms with Gasteiger partial charge in [0.15, 0.2) is 0 Å². The largest absolute Gasteiger partial charge is 0.506 e. The minimum atomic E-state index is -0.490. The van der Waals surface area contributed by atoms with Crippen LogP contribution in [-0.4, -0.2) is 10.1 Å². The van der Waals surface area contributed by atoms with Gasteiger partial charge in [-0.3, -0.25) is 0 Å². The highest BCUT2D eigenvalue weighted by molar-refractivity contribution is 14.1. The van der Waals surface area contributed by atoms with Crippen LogP contribution in [0, 0.1) is 9.52 Å². The summed E-state index contributed by atoms with van der Waals surface area (Å²) < 4.78 is 13.7. The number of nitrogens with zero attached hydrogens (tertiary/aromatic N) is 1. The molecule has 1 aromatic carbocycles. The minimum absolute atomic E-state index is 0.0116. The molecule has 0 saturated carbocycles. The van der Waals surface area contributed by atoms with Crippen molar-refractivity contribution in [1.29, 1.82) is 0 Å². The summed E-state index contributed by atoms with van der Waals surface area (Å²) in [6.45, 7) is 0. The Morgan fingerprint density at radius 1 is 1.25 bits per heavy atom. The predicted molar refractivity (Wildman–Crippen MR) is 69.0 cm³/mol. The van der Waals surface area contributed by atoms with Crippen molar-refractivity contribution in [3.8, 4) is 17.0 Å². The Kier molecular flexibility index (Phi) is 3.30. The summed E-state index contributed by atoms with van der Waals surface area (Å²) in [4.78, 5) is 4.17.